The number of nitrogens with zero attached hydrogens (tertiary/aromatic N) is 2. The fraction of sp³-hybridized carbons (Fsp3) is 0.500. The van der Waals surface area contributed by atoms with Crippen LogP contribution in [-0.4, -0.2) is 55.1 Å². The summed E-state index contributed by atoms with van der Waals surface area (Å²) in [6, 6.07) is 5.87. The molecule has 0 aliphatic carbocycles. The minimum atomic E-state index is -0.142. The van der Waals surface area contributed by atoms with Gasteiger partial charge in [-0.3, -0.25) is 9.79 Å². The van der Waals surface area contributed by atoms with Gasteiger partial charge in [0.2, 0.25) is 0 Å². The number of esters is 1. The average molecular weight is 391 g/mol. The number of benzene rings is 1. The zero-order valence-electron chi connectivity index (χ0n) is 16.1. The Morgan fingerprint density at radius 2 is 2.26 bits per heavy atom. The summed E-state index contributed by atoms with van der Waals surface area (Å²) in [5.74, 6) is 0.858. The molecule has 2 N–H and O–H groups in total. The Kier molecular flexibility index (Phi) is 6.26. The molecule has 1 saturated heterocycles. The van der Waals surface area contributed by atoms with Gasteiger partial charge in [-0.15, -0.1) is 0 Å². The van der Waals surface area contributed by atoms with E-state index in [1.807, 2.05) is 24.4 Å². The van der Waals surface area contributed by atoms with Gasteiger partial charge in [-0.2, -0.15) is 0 Å². The number of aromatic nitrogens is 1. The number of likely N-dealkylation sites (tertiary alicyclic amines) is 1. The molecule has 2 atom stereocenters. The smallest absolute Gasteiger partial charge is 0.310 e. The van der Waals surface area contributed by atoms with Crippen molar-refractivity contribution >= 4 is 34.4 Å². The summed E-state index contributed by atoms with van der Waals surface area (Å²) in [6.45, 7) is 7.02. The molecular weight excluding hydrogens is 364 g/mol. The molecule has 6 nitrogen and oxygen atoms in total. The monoisotopic (exact) mass is 390 g/mol. The van der Waals surface area contributed by atoms with Crippen molar-refractivity contribution in [3.63, 3.8) is 0 Å². The summed E-state index contributed by atoms with van der Waals surface area (Å²) in [5.41, 5.74) is 2.29. The van der Waals surface area contributed by atoms with Gasteiger partial charge in [0.05, 0.1) is 13.0 Å². The highest BCUT2D eigenvalue weighted by Crippen LogP contribution is 2.25. The van der Waals surface area contributed by atoms with Crippen molar-refractivity contribution in [3.05, 3.63) is 35.0 Å². The van der Waals surface area contributed by atoms with Gasteiger partial charge in [0, 0.05) is 48.3 Å². The Bertz CT molecular complexity index is 832. The number of aromatic amines is 1. The fourth-order valence-electron chi connectivity index (χ4n) is 3.66. The summed E-state index contributed by atoms with van der Waals surface area (Å²) < 4.78 is 4.93. The molecule has 27 heavy (non-hydrogen) atoms. The Hall–Kier alpha value is -2.21. The van der Waals surface area contributed by atoms with Crippen LogP contribution < -0.4 is 5.32 Å². The number of ether oxygens (including phenoxy) is 1. The number of hydrogen-bond acceptors (Lipinski definition) is 3. The largest absolute Gasteiger partial charge is 0.469 e. The summed E-state index contributed by atoms with van der Waals surface area (Å²) >= 11 is 6.13. The molecule has 2 heterocycles. The van der Waals surface area contributed by atoms with E-state index in [-0.39, 0.29) is 17.8 Å². The van der Waals surface area contributed by atoms with E-state index in [2.05, 4.69) is 29.0 Å². The maximum atomic E-state index is 11.9. The number of rotatable bonds is 5. The highest BCUT2D eigenvalue weighted by Gasteiger charge is 2.36. The van der Waals surface area contributed by atoms with Gasteiger partial charge in [0.15, 0.2) is 5.96 Å². The first-order valence-electron chi connectivity index (χ1n) is 9.40. The van der Waals surface area contributed by atoms with Crippen molar-refractivity contribution in [1.29, 1.82) is 0 Å². The van der Waals surface area contributed by atoms with E-state index in [0.29, 0.717) is 13.1 Å². The fourth-order valence-corrected chi connectivity index (χ4v) is 3.84. The first-order chi connectivity index (χ1) is 13.0. The molecule has 0 saturated carbocycles. The summed E-state index contributed by atoms with van der Waals surface area (Å²) in [5, 5.41) is 5.22. The quantitative estimate of drug-likeness (QED) is 0.467. The van der Waals surface area contributed by atoms with E-state index in [1.165, 1.54) is 12.7 Å². The first-order valence-corrected chi connectivity index (χ1v) is 9.77. The van der Waals surface area contributed by atoms with Crippen molar-refractivity contribution in [1.82, 2.24) is 15.2 Å². The maximum Gasteiger partial charge on any atom is 0.310 e. The van der Waals surface area contributed by atoms with E-state index < -0.39 is 0 Å². The second-order valence-electron chi connectivity index (χ2n) is 7.00. The van der Waals surface area contributed by atoms with Crippen LogP contribution in [0.25, 0.3) is 10.9 Å². The van der Waals surface area contributed by atoms with Gasteiger partial charge >= 0.3 is 5.97 Å². The predicted octanol–water partition coefficient (Wildman–Crippen LogP) is 3.07. The lowest BCUT2D eigenvalue weighted by atomic mass is 9.99. The van der Waals surface area contributed by atoms with Gasteiger partial charge in [0.25, 0.3) is 0 Å². The van der Waals surface area contributed by atoms with E-state index in [1.54, 1.807) is 0 Å². The SMILES string of the molecule is CCNC(=NCCc1c[nH]c2ccc(Cl)cc12)N1CC(C)C(C(=O)OC)C1. The molecule has 2 aromatic rings. The number of fused-ring (bicyclic) bond motifs is 1. The predicted molar refractivity (Wildman–Crippen MR) is 109 cm³/mol. The van der Waals surface area contributed by atoms with Gasteiger partial charge in [0.1, 0.15) is 0 Å². The van der Waals surface area contributed by atoms with Crippen LogP contribution >= 0.6 is 11.6 Å². The number of hydrogen-bond donors (Lipinski definition) is 2. The van der Waals surface area contributed by atoms with Gasteiger partial charge in [-0.1, -0.05) is 18.5 Å². The Balaban J connectivity index is 1.69. The lowest BCUT2D eigenvalue weighted by Gasteiger charge is -2.21. The Morgan fingerprint density at radius 3 is 3.00 bits per heavy atom. The number of carbonyl (C=O) groups is 1. The van der Waals surface area contributed by atoms with Crippen LogP contribution in [0, 0.1) is 11.8 Å². The lowest BCUT2D eigenvalue weighted by Crippen LogP contribution is -2.40. The minimum Gasteiger partial charge on any atom is -0.469 e. The van der Waals surface area contributed by atoms with E-state index in [0.717, 1.165) is 41.4 Å². The highest BCUT2D eigenvalue weighted by molar-refractivity contribution is 6.31. The highest BCUT2D eigenvalue weighted by atomic mass is 35.5. The molecule has 1 aliphatic rings. The van der Waals surface area contributed by atoms with Crippen molar-refractivity contribution in [3.8, 4) is 0 Å². The Morgan fingerprint density at radius 1 is 1.44 bits per heavy atom. The summed E-state index contributed by atoms with van der Waals surface area (Å²) in [4.78, 5) is 22.2. The molecule has 1 aliphatic heterocycles. The molecule has 0 radical (unpaired) electrons. The molecule has 146 valence electrons. The van der Waals surface area contributed by atoms with Crippen LogP contribution in [0.5, 0.6) is 0 Å². The van der Waals surface area contributed by atoms with Crippen molar-refractivity contribution < 1.29 is 9.53 Å². The summed E-state index contributed by atoms with van der Waals surface area (Å²) in [7, 11) is 1.45. The number of H-pyrrole nitrogens is 1. The van der Waals surface area contributed by atoms with E-state index >= 15 is 0 Å². The number of nitrogens with one attached hydrogen (secondary N) is 2. The average Bonchev–Trinajstić information content (AvgIpc) is 3.24. The Labute approximate surface area is 164 Å². The molecule has 1 aromatic carbocycles. The molecular formula is C20H27ClN4O2. The van der Waals surface area contributed by atoms with Gasteiger partial charge < -0.3 is 19.9 Å². The van der Waals surface area contributed by atoms with E-state index in [4.69, 9.17) is 21.3 Å². The third-order valence-electron chi connectivity index (χ3n) is 5.12. The van der Waals surface area contributed by atoms with Crippen molar-refractivity contribution in [2.45, 2.75) is 20.3 Å². The number of carbonyl (C=O) groups excluding carboxylic acids is 1. The van der Waals surface area contributed by atoms with Crippen LogP contribution in [0.4, 0.5) is 0 Å². The molecule has 7 heteroatoms. The van der Waals surface area contributed by atoms with Gasteiger partial charge in [-0.25, -0.2) is 0 Å². The van der Waals surface area contributed by atoms with Gasteiger partial charge in [-0.05, 0) is 43.0 Å². The zero-order chi connectivity index (χ0) is 19.4. The van der Waals surface area contributed by atoms with Crippen LogP contribution in [0.1, 0.15) is 19.4 Å². The molecule has 0 bridgehead atoms. The lowest BCUT2D eigenvalue weighted by molar-refractivity contribution is -0.145. The molecule has 3 rings (SSSR count). The number of halogens is 1. The normalized spacial score (nSPS) is 20.3. The van der Waals surface area contributed by atoms with Crippen LogP contribution in [0.3, 0.4) is 0 Å². The minimum absolute atomic E-state index is 0.102. The number of guanidine groups is 1. The maximum absolute atomic E-state index is 11.9. The van der Waals surface area contributed by atoms with Crippen molar-refractivity contribution in [2.75, 3.05) is 33.3 Å². The van der Waals surface area contributed by atoms with Crippen LogP contribution in [-0.2, 0) is 16.0 Å². The molecule has 0 amide bonds. The second-order valence-corrected chi connectivity index (χ2v) is 7.44. The molecule has 1 aromatic heterocycles. The second kappa shape index (κ2) is 8.65. The first kappa shape index (κ1) is 19.5. The third-order valence-corrected chi connectivity index (χ3v) is 5.36. The van der Waals surface area contributed by atoms with Crippen molar-refractivity contribution in [2.24, 2.45) is 16.8 Å². The topological polar surface area (TPSA) is 69.7 Å². The molecule has 2 unspecified atom stereocenters. The van der Waals surface area contributed by atoms with Crippen LogP contribution in [0.2, 0.25) is 5.02 Å². The molecule has 0 spiro atoms. The third kappa shape index (κ3) is 4.38. The standard InChI is InChI=1S/C20H27ClN4O2/c1-4-22-20(25-11-13(2)17(12-25)19(26)27-3)23-8-7-14-10-24-18-6-5-15(21)9-16(14)18/h5-6,9-10,13,17,24H,4,7-8,11-12H2,1-3H3,(H,22,23). The van der Waals surface area contributed by atoms with Crippen LogP contribution in [0.15, 0.2) is 29.4 Å². The number of methoxy groups -OCH3 is 1. The number of aliphatic imine (C=N–C) groups is 1. The summed E-state index contributed by atoms with van der Waals surface area (Å²) in [6.07, 6.45) is 2.84. The zero-order valence-corrected chi connectivity index (χ0v) is 16.8. The van der Waals surface area contributed by atoms with E-state index in [9.17, 15) is 4.79 Å². The molecule has 1 fully saturated rings.